The number of nitrogen functional groups attached to an aromatic ring is 1. The Morgan fingerprint density at radius 3 is 2.52 bits per heavy atom. The predicted octanol–water partition coefficient (Wildman–Crippen LogP) is 3.37. The summed E-state index contributed by atoms with van der Waals surface area (Å²) in [4.78, 5) is 25.4. The van der Waals surface area contributed by atoms with Crippen LogP contribution in [0.4, 0.5) is 5.82 Å². The van der Waals surface area contributed by atoms with Crippen LogP contribution in [-0.4, -0.2) is 20.9 Å². The second kappa shape index (κ2) is 7.40. The van der Waals surface area contributed by atoms with Crippen LogP contribution in [0.15, 0.2) is 59.3 Å². The van der Waals surface area contributed by atoms with Gasteiger partial charge in [0.1, 0.15) is 10.3 Å². The molecule has 126 valence electrons. The van der Waals surface area contributed by atoms with Gasteiger partial charge in [0.15, 0.2) is 11.5 Å². The molecule has 0 saturated heterocycles. The van der Waals surface area contributed by atoms with Crippen molar-refractivity contribution >= 4 is 27.7 Å². The molecule has 0 aliphatic heterocycles. The number of benzene rings is 1. The molecule has 0 unspecified atom stereocenters. The van der Waals surface area contributed by atoms with Gasteiger partial charge in [0.25, 0.3) is 5.91 Å². The predicted molar refractivity (Wildman–Crippen MR) is 99.7 cm³/mol. The third-order valence-corrected chi connectivity index (χ3v) is 4.17. The first-order valence-corrected chi connectivity index (χ1v) is 8.46. The number of rotatable bonds is 4. The molecule has 0 radical (unpaired) electrons. The van der Waals surface area contributed by atoms with Gasteiger partial charge in [0, 0.05) is 11.8 Å². The largest absolute Gasteiger partial charge is 0.382 e. The van der Waals surface area contributed by atoms with E-state index in [-0.39, 0.29) is 17.6 Å². The first-order valence-electron chi connectivity index (χ1n) is 7.66. The smallest absolute Gasteiger partial charge is 0.274 e. The zero-order valence-corrected chi connectivity index (χ0v) is 15.1. The lowest BCUT2D eigenvalue weighted by Crippen LogP contribution is -2.29. The molecule has 0 fully saturated rings. The number of hydrogen-bond acceptors (Lipinski definition) is 5. The van der Waals surface area contributed by atoms with Crippen LogP contribution in [0.5, 0.6) is 0 Å². The number of carbonyl (C=O) groups is 1. The first kappa shape index (κ1) is 17.0. The Morgan fingerprint density at radius 2 is 1.84 bits per heavy atom. The number of nitrogens with two attached hydrogens (primary N) is 1. The Morgan fingerprint density at radius 1 is 1.12 bits per heavy atom. The average Bonchev–Trinajstić information content (AvgIpc) is 2.64. The van der Waals surface area contributed by atoms with Crippen LogP contribution in [0.3, 0.4) is 0 Å². The van der Waals surface area contributed by atoms with Gasteiger partial charge in [-0.25, -0.2) is 9.97 Å². The van der Waals surface area contributed by atoms with Crippen LogP contribution >= 0.6 is 15.9 Å². The summed E-state index contributed by atoms with van der Waals surface area (Å²) in [5.74, 6) is -0.323. The van der Waals surface area contributed by atoms with E-state index in [0.717, 1.165) is 11.3 Å². The summed E-state index contributed by atoms with van der Waals surface area (Å²) >= 11 is 3.38. The molecule has 0 bridgehead atoms. The minimum atomic E-state index is -0.400. The maximum absolute atomic E-state index is 12.5. The maximum atomic E-state index is 12.5. The SMILES string of the molecule is C[C@@H](NC(=O)c1nc(Br)c(-c2ccccc2)nc1N)c1ccccn1. The number of amides is 1. The van der Waals surface area contributed by atoms with Crippen molar-refractivity contribution in [1.29, 1.82) is 0 Å². The number of nitrogens with one attached hydrogen (secondary N) is 1. The molecule has 0 saturated carbocycles. The lowest BCUT2D eigenvalue weighted by atomic mass is 10.1. The molecule has 25 heavy (non-hydrogen) atoms. The number of carbonyl (C=O) groups excluding carboxylic acids is 1. The molecule has 3 rings (SSSR count). The molecule has 1 amide bonds. The fraction of sp³-hybridized carbons (Fsp3) is 0.111. The molecule has 3 N–H and O–H groups in total. The normalized spacial score (nSPS) is 11.8. The lowest BCUT2D eigenvalue weighted by Gasteiger charge is -2.14. The van der Waals surface area contributed by atoms with Gasteiger partial charge in [-0.2, -0.15) is 0 Å². The highest BCUT2D eigenvalue weighted by molar-refractivity contribution is 9.10. The monoisotopic (exact) mass is 397 g/mol. The quantitative estimate of drug-likeness (QED) is 0.703. The third kappa shape index (κ3) is 3.83. The molecule has 6 nitrogen and oxygen atoms in total. The summed E-state index contributed by atoms with van der Waals surface area (Å²) in [5.41, 5.74) is 8.26. The summed E-state index contributed by atoms with van der Waals surface area (Å²) in [5, 5.41) is 2.83. The Hall–Kier alpha value is -2.80. The van der Waals surface area contributed by atoms with Crippen molar-refractivity contribution in [3.63, 3.8) is 0 Å². The number of anilines is 1. The fourth-order valence-corrected chi connectivity index (χ4v) is 2.84. The standard InChI is InChI=1S/C18H16BrN5O/c1-11(13-9-5-6-10-21-13)22-18(25)15-17(20)24-14(16(19)23-15)12-7-3-2-4-8-12/h2-11H,1H3,(H2,20,24)(H,22,25)/t11-/m1/s1. The topological polar surface area (TPSA) is 93.8 Å². The summed E-state index contributed by atoms with van der Waals surface area (Å²) in [6.45, 7) is 1.84. The molecule has 0 spiro atoms. The Kier molecular flexibility index (Phi) is 5.04. The summed E-state index contributed by atoms with van der Waals surface area (Å²) < 4.78 is 0.462. The zero-order chi connectivity index (χ0) is 17.8. The molecule has 1 atom stereocenters. The van der Waals surface area contributed by atoms with Gasteiger partial charge in [0.05, 0.1) is 11.7 Å². The number of aromatic nitrogens is 3. The van der Waals surface area contributed by atoms with E-state index in [0.29, 0.717) is 10.3 Å². The maximum Gasteiger partial charge on any atom is 0.274 e. The number of pyridine rings is 1. The summed E-state index contributed by atoms with van der Waals surface area (Å²) in [7, 11) is 0. The molecule has 3 aromatic rings. The minimum absolute atomic E-state index is 0.0766. The van der Waals surface area contributed by atoms with Gasteiger partial charge in [-0.1, -0.05) is 36.4 Å². The van der Waals surface area contributed by atoms with Crippen LogP contribution in [0.2, 0.25) is 0 Å². The second-order valence-electron chi connectivity index (χ2n) is 5.41. The first-order chi connectivity index (χ1) is 12.1. The van der Waals surface area contributed by atoms with Gasteiger partial charge in [-0.3, -0.25) is 9.78 Å². The van der Waals surface area contributed by atoms with Crippen molar-refractivity contribution in [2.75, 3.05) is 5.73 Å². The molecule has 2 aromatic heterocycles. The van der Waals surface area contributed by atoms with E-state index >= 15 is 0 Å². The van der Waals surface area contributed by atoms with Gasteiger partial charge < -0.3 is 11.1 Å². The Bertz CT molecular complexity index is 887. The average molecular weight is 398 g/mol. The second-order valence-corrected chi connectivity index (χ2v) is 6.16. The van der Waals surface area contributed by atoms with Crippen molar-refractivity contribution < 1.29 is 4.79 Å². The Balaban J connectivity index is 1.85. The molecule has 0 aliphatic carbocycles. The van der Waals surface area contributed by atoms with E-state index in [1.54, 1.807) is 6.20 Å². The third-order valence-electron chi connectivity index (χ3n) is 3.62. The Labute approximate surface area is 153 Å². The lowest BCUT2D eigenvalue weighted by molar-refractivity contribution is 0.0934. The van der Waals surface area contributed by atoms with Crippen LogP contribution in [0, 0.1) is 0 Å². The van der Waals surface area contributed by atoms with E-state index in [2.05, 4.69) is 36.2 Å². The number of nitrogens with zero attached hydrogens (tertiary/aromatic N) is 3. The van der Waals surface area contributed by atoms with E-state index < -0.39 is 5.91 Å². The molecule has 7 heteroatoms. The van der Waals surface area contributed by atoms with E-state index in [1.165, 1.54) is 0 Å². The van der Waals surface area contributed by atoms with E-state index in [9.17, 15) is 4.79 Å². The van der Waals surface area contributed by atoms with Gasteiger partial charge in [0.2, 0.25) is 0 Å². The molecule has 0 aliphatic rings. The van der Waals surface area contributed by atoms with E-state index in [1.807, 2.05) is 55.5 Å². The van der Waals surface area contributed by atoms with Crippen molar-refractivity contribution in [2.24, 2.45) is 0 Å². The summed E-state index contributed by atoms with van der Waals surface area (Å²) in [6.07, 6.45) is 1.68. The van der Waals surface area contributed by atoms with Crippen molar-refractivity contribution in [1.82, 2.24) is 20.3 Å². The van der Waals surface area contributed by atoms with Crippen molar-refractivity contribution in [3.05, 3.63) is 70.7 Å². The van der Waals surface area contributed by atoms with Crippen LogP contribution in [0.1, 0.15) is 29.1 Å². The van der Waals surface area contributed by atoms with Crippen LogP contribution in [-0.2, 0) is 0 Å². The number of hydrogen-bond donors (Lipinski definition) is 2. The highest BCUT2D eigenvalue weighted by Crippen LogP contribution is 2.26. The molecule has 1 aromatic carbocycles. The van der Waals surface area contributed by atoms with E-state index in [4.69, 9.17) is 5.73 Å². The number of halogens is 1. The zero-order valence-electron chi connectivity index (χ0n) is 13.5. The summed E-state index contributed by atoms with van der Waals surface area (Å²) in [6, 6.07) is 14.8. The van der Waals surface area contributed by atoms with Crippen molar-refractivity contribution in [2.45, 2.75) is 13.0 Å². The van der Waals surface area contributed by atoms with Gasteiger partial charge in [-0.15, -0.1) is 0 Å². The van der Waals surface area contributed by atoms with Crippen molar-refractivity contribution in [3.8, 4) is 11.3 Å². The fourth-order valence-electron chi connectivity index (χ4n) is 2.35. The van der Waals surface area contributed by atoms with Crippen LogP contribution < -0.4 is 11.1 Å². The van der Waals surface area contributed by atoms with Gasteiger partial charge >= 0.3 is 0 Å². The van der Waals surface area contributed by atoms with Gasteiger partial charge in [-0.05, 0) is 35.0 Å². The molecule has 2 heterocycles. The minimum Gasteiger partial charge on any atom is -0.382 e. The highest BCUT2D eigenvalue weighted by Gasteiger charge is 2.19. The van der Waals surface area contributed by atoms with Crippen LogP contribution in [0.25, 0.3) is 11.3 Å². The molecular weight excluding hydrogens is 382 g/mol. The molecular formula is C18H16BrN5O. The highest BCUT2D eigenvalue weighted by atomic mass is 79.9.